The summed E-state index contributed by atoms with van der Waals surface area (Å²) in [5, 5.41) is 5.47. The second kappa shape index (κ2) is 2.09. The highest BCUT2D eigenvalue weighted by Gasteiger charge is 2.31. The zero-order chi connectivity index (χ0) is 7.84. The zero-order valence-corrected chi connectivity index (χ0v) is 6.18. The molecule has 2 aliphatic rings. The molecule has 56 valence electrons. The van der Waals surface area contributed by atoms with Gasteiger partial charge in [-0.25, -0.2) is 9.98 Å². The van der Waals surface area contributed by atoms with Crippen LogP contribution in [0.5, 0.6) is 0 Å². The number of rotatable bonds is 0. The van der Waals surface area contributed by atoms with Crippen LogP contribution in [0, 0.1) is 0 Å². The summed E-state index contributed by atoms with van der Waals surface area (Å²) in [7, 11) is 0. The molecular formula is C5H4N4OS. The fourth-order valence-corrected chi connectivity index (χ4v) is 1.13. The fraction of sp³-hybridized carbons (Fsp3) is 0.200. The van der Waals surface area contributed by atoms with E-state index in [1.54, 1.807) is 0 Å². The van der Waals surface area contributed by atoms with E-state index in [0.717, 1.165) is 0 Å². The maximum atomic E-state index is 11.0. The maximum Gasteiger partial charge on any atom is 0.255 e. The molecule has 11 heavy (non-hydrogen) atoms. The molecule has 0 spiro atoms. The molecule has 2 N–H and O–H groups in total. The lowest BCUT2D eigenvalue weighted by Gasteiger charge is -2.12. The number of aliphatic imine (C=N–C) groups is 2. The largest absolute Gasteiger partial charge is 0.343 e. The molecule has 1 amide bonds. The number of fused-ring (bicyclic) bond motifs is 1. The molecule has 0 aromatic rings. The summed E-state index contributed by atoms with van der Waals surface area (Å²) in [5.74, 6) is 0.275. The van der Waals surface area contributed by atoms with Gasteiger partial charge in [0.2, 0.25) is 0 Å². The molecule has 2 rings (SSSR count). The summed E-state index contributed by atoms with van der Waals surface area (Å²) in [6.07, 6.45) is 1.31. The minimum absolute atomic E-state index is 0.168. The molecule has 0 aromatic heterocycles. The molecule has 0 saturated heterocycles. The molecule has 1 atom stereocenters. The van der Waals surface area contributed by atoms with Crippen LogP contribution in [-0.4, -0.2) is 29.2 Å². The third kappa shape index (κ3) is 0.911. The minimum atomic E-state index is -0.479. The van der Waals surface area contributed by atoms with Gasteiger partial charge in [-0.15, -0.1) is 0 Å². The zero-order valence-electron chi connectivity index (χ0n) is 5.37. The molecule has 0 radical (unpaired) electrons. The molecule has 6 heteroatoms. The first kappa shape index (κ1) is 6.41. The summed E-state index contributed by atoms with van der Waals surface area (Å²) >= 11 is 4.73. The Labute approximate surface area is 67.6 Å². The molecule has 0 fully saturated rings. The smallest absolute Gasteiger partial charge is 0.255 e. The highest BCUT2D eigenvalue weighted by molar-refractivity contribution is 7.80. The third-order valence-corrected chi connectivity index (χ3v) is 1.62. The van der Waals surface area contributed by atoms with Gasteiger partial charge in [-0.05, 0) is 12.2 Å². The van der Waals surface area contributed by atoms with Gasteiger partial charge < -0.3 is 10.6 Å². The van der Waals surface area contributed by atoms with Gasteiger partial charge in [-0.2, -0.15) is 0 Å². The summed E-state index contributed by atoms with van der Waals surface area (Å²) in [6, 6.07) is -0.479. The van der Waals surface area contributed by atoms with Crippen molar-refractivity contribution in [2.75, 3.05) is 0 Å². The van der Waals surface area contributed by atoms with Crippen molar-refractivity contribution in [3.63, 3.8) is 0 Å². The molecule has 0 saturated carbocycles. The fourth-order valence-electron chi connectivity index (χ4n) is 0.920. The van der Waals surface area contributed by atoms with E-state index in [9.17, 15) is 4.79 Å². The topological polar surface area (TPSA) is 65.8 Å². The van der Waals surface area contributed by atoms with E-state index in [1.165, 1.54) is 6.34 Å². The first-order chi connectivity index (χ1) is 5.27. The number of nitrogens with zero attached hydrogens (tertiary/aromatic N) is 2. The maximum absolute atomic E-state index is 11.0. The van der Waals surface area contributed by atoms with Crippen LogP contribution < -0.4 is 10.6 Å². The average molecular weight is 168 g/mol. The van der Waals surface area contributed by atoms with Crippen LogP contribution in [0.25, 0.3) is 0 Å². The molecule has 2 aliphatic heterocycles. The number of thiocarbonyl (C=S) groups is 1. The Morgan fingerprint density at radius 3 is 3.18 bits per heavy atom. The third-order valence-electron chi connectivity index (χ3n) is 1.41. The van der Waals surface area contributed by atoms with Crippen LogP contribution in [0.1, 0.15) is 0 Å². The van der Waals surface area contributed by atoms with Crippen molar-refractivity contribution in [3.05, 3.63) is 0 Å². The van der Waals surface area contributed by atoms with Crippen LogP contribution in [0.2, 0.25) is 0 Å². The van der Waals surface area contributed by atoms with Gasteiger partial charge in [0.1, 0.15) is 0 Å². The molecule has 5 nitrogen and oxygen atoms in total. The standard InChI is InChI=1S/C5H4N4OS/c10-4-2-3(6-1-7-4)9-5(11)8-2/h1-2H,(H2,6,7,8,9,10,11). The average Bonchev–Trinajstić information content (AvgIpc) is 2.31. The first-order valence-corrected chi connectivity index (χ1v) is 3.40. The van der Waals surface area contributed by atoms with E-state index in [-0.39, 0.29) is 5.91 Å². The number of carbonyl (C=O) groups excluding carboxylic acids is 1. The van der Waals surface area contributed by atoms with Crippen LogP contribution in [0.4, 0.5) is 0 Å². The lowest BCUT2D eigenvalue weighted by molar-refractivity contribution is -0.119. The highest BCUT2D eigenvalue weighted by Crippen LogP contribution is 2.03. The normalized spacial score (nSPS) is 27.3. The second-order valence-electron chi connectivity index (χ2n) is 2.12. The minimum Gasteiger partial charge on any atom is -0.343 e. The first-order valence-electron chi connectivity index (χ1n) is 2.99. The van der Waals surface area contributed by atoms with Crippen molar-refractivity contribution in [2.45, 2.75) is 6.04 Å². The quantitative estimate of drug-likeness (QED) is 0.446. The summed E-state index contributed by atoms with van der Waals surface area (Å²) in [6.45, 7) is 0. The summed E-state index contributed by atoms with van der Waals surface area (Å²) in [4.78, 5) is 18.7. The van der Waals surface area contributed by atoms with E-state index in [0.29, 0.717) is 10.9 Å². The SMILES string of the molecule is O=C1NC=NC2=NC(=S)NC12. The molecule has 0 aromatic carbocycles. The van der Waals surface area contributed by atoms with Crippen LogP contribution in [-0.2, 0) is 4.79 Å². The van der Waals surface area contributed by atoms with Crippen molar-refractivity contribution in [1.29, 1.82) is 0 Å². The Bertz CT molecular complexity index is 295. The number of amides is 1. The Morgan fingerprint density at radius 2 is 2.45 bits per heavy atom. The van der Waals surface area contributed by atoms with Gasteiger partial charge in [-0.3, -0.25) is 4.79 Å². The lowest BCUT2D eigenvalue weighted by Crippen LogP contribution is -2.48. The Kier molecular flexibility index (Phi) is 1.22. The summed E-state index contributed by atoms with van der Waals surface area (Å²) < 4.78 is 0. The van der Waals surface area contributed by atoms with E-state index < -0.39 is 6.04 Å². The van der Waals surface area contributed by atoms with Gasteiger partial charge >= 0.3 is 0 Å². The van der Waals surface area contributed by atoms with Gasteiger partial charge in [-0.1, -0.05) is 0 Å². The van der Waals surface area contributed by atoms with E-state index in [1.807, 2.05) is 0 Å². The van der Waals surface area contributed by atoms with Crippen LogP contribution in [0.3, 0.4) is 0 Å². The van der Waals surface area contributed by atoms with E-state index >= 15 is 0 Å². The van der Waals surface area contributed by atoms with E-state index in [4.69, 9.17) is 12.2 Å². The Balaban J connectivity index is 2.38. The molecule has 2 heterocycles. The summed E-state index contributed by atoms with van der Waals surface area (Å²) in [5.41, 5.74) is 0. The number of amidine groups is 1. The number of hydrogen-bond donors (Lipinski definition) is 2. The molecule has 0 bridgehead atoms. The molecule has 0 aliphatic carbocycles. The van der Waals surface area contributed by atoms with Gasteiger partial charge in [0, 0.05) is 0 Å². The number of hydrogen-bond acceptors (Lipinski definition) is 3. The Morgan fingerprint density at radius 1 is 1.64 bits per heavy atom. The van der Waals surface area contributed by atoms with Crippen molar-refractivity contribution < 1.29 is 4.79 Å². The van der Waals surface area contributed by atoms with Crippen molar-refractivity contribution in [1.82, 2.24) is 10.6 Å². The Hall–Kier alpha value is -1.30. The second-order valence-corrected chi connectivity index (χ2v) is 2.51. The highest BCUT2D eigenvalue weighted by atomic mass is 32.1. The van der Waals surface area contributed by atoms with Crippen LogP contribution in [0.15, 0.2) is 9.98 Å². The number of nitrogens with one attached hydrogen (secondary N) is 2. The number of carbonyl (C=O) groups is 1. The predicted molar refractivity (Wildman–Crippen MR) is 43.6 cm³/mol. The predicted octanol–water partition coefficient (Wildman–Crippen LogP) is -1.20. The van der Waals surface area contributed by atoms with Crippen molar-refractivity contribution in [2.24, 2.45) is 9.98 Å². The van der Waals surface area contributed by atoms with Gasteiger partial charge in [0.25, 0.3) is 5.91 Å². The van der Waals surface area contributed by atoms with Gasteiger partial charge in [0.15, 0.2) is 17.0 Å². The van der Waals surface area contributed by atoms with Crippen molar-refractivity contribution in [3.8, 4) is 0 Å². The monoisotopic (exact) mass is 168 g/mol. The van der Waals surface area contributed by atoms with Crippen molar-refractivity contribution >= 4 is 35.4 Å². The van der Waals surface area contributed by atoms with E-state index in [2.05, 4.69) is 20.6 Å². The molecule has 1 unspecified atom stereocenters. The lowest BCUT2D eigenvalue weighted by atomic mass is 10.2. The molecular weight excluding hydrogens is 164 g/mol. The van der Waals surface area contributed by atoms with Gasteiger partial charge in [0.05, 0.1) is 6.34 Å². The van der Waals surface area contributed by atoms with Crippen LogP contribution >= 0.6 is 12.2 Å².